The van der Waals surface area contributed by atoms with Crippen molar-refractivity contribution in [3.63, 3.8) is 0 Å². The van der Waals surface area contributed by atoms with Crippen LogP contribution in [0.25, 0.3) is 11.1 Å². The van der Waals surface area contributed by atoms with E-state index in [0.717, 1.165) is 36.8 Å². The van der Waals surface area contributed by atoms with Crippen LogP contribution >= 0.6 is 0 Å². The number of carbonyl (C=O) groups is 1. The fourth-order valence-corrected chi connectivity index (χ4v) is 6.53. The van der Waals surface area contributed by atoms with Gasteiger partial charge in [-0.2, -0.15) is 13.2 Å². The van der Waals surface area contributed by atoms with Gasteiger partial charge in [-0.3, -0.25) is 4.90 Å². The van der Waals surface area contributed by atoms with Gasteiger partial charge in [0, 0.05) is 36.0 Å². The van der Waals surface area contributed by atoms with Crippen LogP contribution in [0.4, 0.5) is 23.7 Å². The van der Waals surface area contributed by atoms with Gasteiger partial charge in [0.05, 0.1) is 10.6 Å². The highest BCUT2D eigenvalue weighted by molar-refractivity contribution is 7.91. The third kappa shape index (κ3) is 5.11. The van der Waals surface area contributed by atoms with E-state index in [2.05, 4.69) is 15.3 Å². The summed E-state index contributed by atoms with van der Waals surface area (Å²) < 4.78 is 65.5. The Morgan fingerprint density at radius 3 is 2.44 bits per heavy atom. The lowest BCUT2D eigenvalue weighted by Gasteiger charge is -2.25. The molecule has 1 spiro atoms. The van der Waals surface area contributed by atoms with Gasteiger partial charge in [-0.05, 0) is 60.7 Å². The molecule has 1 aliphatic carbocycles. The minimum Gasteiger partial charge on any atom is -0.334 e. The highest BCUT2D eigenvalue weighted by atomic mass is 32.2. The van der Waals surface area contributed by atoms with Gasteiger partial charge in [0.15, 0.2) is 15.5 Å². The standard InChI is InChI=1S/C28H29F3N4O3S/c1-3-39(37,38)21-9-6-19(7-10-21)15-33-26(36)35-17-27(12-4-5-13-27)23-14-20(8-11-24(23)35)22-16-32-18(2)34-25(22)28(29,30)31/h6-11,14,16H,3-5,12-13,15,17H2,1-2H3,(H,33,36). The van der Waals surface area contributed by atoms with Crippen LogP contribution in [-0.2, 0) is 28.0 Å². The van der Waals surface area contributed by atoms with Crippen LogP contribution in [0.5, 0.6) is 0 Å². The number of rotatable bonds is 5. The largest absolute Gasteiger partial charge is 0.434 e. The topological polar surface area (TPSA) is 92.3 Å². The zero-order chi connectivity index (χ0) is 28.0. The van der Waals surface area contributed by atoms with Crippen molar-refractivity contribution < 1.29 is 26.4 Å². The van der Waals surface area contributed by atoms with E-state index in [1.807, 2.05) is 0 Å². The van der Waals surface area contributed by atoms with Crippen molar-refractivity contribution in [3.05, 3.63) is 71.3 Å². The second-order valence-corrected chi connectivity index (χ2v) is 12.5. The maximum atomic E-state index is 13.8. The van der Waals surface area contributed by atoms with Gasteiger partial charge in [-0.1, -0.05) is 38.0 Å². The number of urea groups is 1. The third-order valence-corrected chi connectivity index (χ3v) is 9.47. The number of anilines is 1. The van der Waals surface area contributed by atoms with Crippen LogP contribution in [0.15, 0.2) is 53.6 Å². The summed E-state index contributed by atoms with van der Waals surface area (Å²) in [5.74, 6) is 0.0546. The maximum Gasteiger partial charge on any atom is 0.434 e. The van der Waals surface area contributed by atoms with Crippen LogP contribution in [0, 0.1) is 6.92 Å². The molecule has 1 fully saturated rings. The number of carbonyl (C=O) groups excluding carboxylic acids is 1. The fraction of sp³-hybridized carbons (Fsp3) is 0.393. The highest BCUT2D eigenvalue weighted by Gasteiger charge is 2.46. The van der Waals surface area contributed by atoms with Gasteiger partial charge in [0.1, 0.15) is 5.82 Å². The molecule has 0 radical (unpaired) electrons. The van der Waals surface area contributed by atoms with E-state index in [0.29, 0.717) is 17.8 Å². The SMILES string of the molecule is CCS(=O)(=O)c1ccc(CNC(=O)N2CC3(CCCC3)c3cc(-c4cnc(C)nc4C(F)(F)F)ccc32)cc1. The Labute approximate surface area is 225 Å². The van der Waals surface area contributed by atoms with Gasteiger partial charge in [-0.25, -0.2) is 23.2 Å². The maximum absolute atomic E-state index is 13.8. The average molecular weight is 559 g/mol. The lowest BCUT2D eigenvalue weighted by Crippen LogP contribution is -2.41. The monoisotopic (exact) mass is 558 g/mol. The lowest BCUT2D eigenvalue weighted by molar-refractivity contribution is -0.140. The van der Waals surface area contributed by atoms with E-state index in [-0.39, 0.29) is 40.0 Å². The Kier molecular flexibility index (Phi) is 6.90. The Balaban J connectivity index is 1.42. The number of aromatic nitrogens is 2. The number of amides is 2. The first-order valence-electron chi connectivity index (χ1n) is 12.9. The zero-order valence-electron chi connectivity index (χ0n) is 21.7. The molecule has 0 bridgehead atoms. The van der Waals surface area contributed by atoms with Crippen LogP contribution in [0.3, 0.4) is 0 Å². The van der Waals surface area contributed by atoms with Gasteiger partial charge < -0.3 is 5.32 Å². The third-order valence-electron chi connectivity index (χ3n) is 7.72. The molecular weight excluding hydrogens is 529 g/mol. The molecule has 0 saturated heterocycles. The average Bonchev–Trinajstić information content (AvgIpc) is 3.52. The minimum absolute atomic E-state index is 0.00930. The smallest absolute Gasteiger partial charge is 0.334 e. The number of alkyl halides is 3. The molecule has 1 aromatic heterocycles. The van der Waals surface area contributed by atoms with E-state index in [1.54, 1.807) is 42.2 Å². The summed E-state index contributed by atoms with van der Waals surface area (Å²) in [7, 11) is -3.31. The number of sulfone groups is 1. The van der Waals surface area contributed by atoms with Gasteiger partial charge in [0.2, 0.25) is 0 Å². The van der Waals surface area contributed by atoms with Gasteiger partial charge >= 0.3 is 12.2 Å². The summed E-state index contributed by atoms with van der Waals surface area (Å²) in [6, 6.07) is 11.2. The Hall–Kier alpha value is -3.47. The summed E-state index contributed by atoms with van der Waals surface area (Å²) >= 11 is 0. The summed E-state index contributed by atoms with van der Waals surface area (Å²) in [5, 5.41) is 2.91. The van der Waals surface area contributed by atoms with Crippen molar-refractivity contribution in [2.45, 2.75) is 62.6 Å². The summed E-state index contributed by atoms with van der Waals surface area (Å²) in [6.45, 7) is 3.66. The van der Waals surface area contributed by atoms with E-state index in [9.17, 15) is 26.4 Å². The first-order valence-corrected chi connectivity index (χ1v) is 14.5. The second-order valence-electron chi connectivity index (χ2n) is 10.2. The van der Waals surface area contributed by atoms with Crippen molar-refractivity contribution in [1.82, 2.24) is 15.3 Å². The Bertz CT molecular complexity index is 1520. The Morgan fingerprint density at radius 1 is 1.10 bits per heavy atom. The number of benzene rings is 2. The summed E-state index contributed by atoms with van der Waals surface area (Å²) in [4.78, 5) is 22.9. The molecule has 1 aliphatic heterocycles. The van der Waals surface area contributed by atoms with Crippen molar-refractivity contribution in [2.24, 2.45) is 0 Å². The molecule has 2 aromatic carbocycles. The van der Waals surface area contributed by atoms with E-state index in [1.165, 1.54) is 25.3 Å². The second kappa shape index (κ2) is 9.93. The van der Waals surface area contributed by atoms with Crippen LogP contribution < -0.4 is 10.2 Å². The zero-order valence-corrected chi connectivity index (χ0v) is 22.5. The number of nitrogens with one attached hydrogen (secondary N) is 1. The molecule has 1 N–H and O–H groups in total. The molecule has 7 nitrogen and oxygen atoms in total. The van der Waals surface area contributed by atoms with Crippen LogP contribution in [0.1, 0.15) is 55.3 Å². The number of halogens is 3. The molecule has 2 aliphatic rings. The van der Waals surface area contributed by atoms with Gasteiger partial charge in [-0.15, -0.1) is 0 Å². The van der Waals surface area contributed by atoms with Gasteiger partial charge in [0.25, 0.3) is 0 Å². The molecule has 2 amide bonds. The highest BCUT2D eigenvalue weighted by Crippen LogP contribution is 2.51. The van der Waals surface area contributed by atoms with Crippen molar-refractivity contribution in [2.75, 3.05) is 17.2 Å². The molecular formula is C28H29F3N4O3S. The number of hydrogen-bond donors (Lipinski definition) is 1. The normalized spacial score (nSPS) is 16.5. The Morgan fingerprint density at radius 2 is 1.79 bits per heavy atom. The van der Waals surface area contributed by atoms with Crippen molar-refractivity contribution in [3.8, 4) is 11.1 Å². The predicted octanol–water partition coefficient (Wildman–Crippen LogP) is 5.81. The molecule has 0 atom stereocenters. The fourth-order valence-electron chi connectivity index (χ4n) is 5.65. The molecule has 39 heavy (non-hydrogen) atoms. The summed E-state index contributed by atoms with van der Waals surface area (Å²) in [5.41, 5.74) is 1.31. The van der Waals surface area contributed by atoms with Crippen LogP contribution in [-0.4, -0.2) is 36.7 Å². The molecule has 3 aromatic rings. The van der Waals surface area contributed by atoms with Crippen molar-refractivity contribution >= 4 is 21.6 Å². The molecule has 0 unspecified atom stereocenters. The molecule has 11 heteroatoms. The van der Waals surface area contributed by atoms with Crippen molar-refractivity contribution in [1.29, 1.82) is 0 Å². The first kappa shape index (κ1) is 27.1. The molecule has 206 valence electrons. The molecule has 5 rings (SSSR count). The quantitative estimate of drug-likeness (QED) is 0.427. The molecule has 1 saturated carbocycles. The minimum atomic E-state index is -4.63. The first-order chi connectivity index (χ1) is 18.4. The number of hydrogen-bond acceptors (Lipinski definition) is 5. The van der Waals surface area contributed by atoms with E-state index < -0.39 is 21.7 Å². The lowest BCUT2D eigenvalue weighted by atomic mass is 9.80. The van der Waals surface area contributed by atoms with E-state index >= 15 is 0 Å². The number of aryl methyl sites for hydroxylation is 1. The predicted molar refractivity (Wildman–Crippen MR) is 141 cm³/mol. The van der Waals surface area contributed by atoms with Crippen LogP contribution in [0.2, 0.25) is 0 Å². The summed E-state index contributed by atoms with van der Waals surface area (Å²) in [6.07, 6.45) is 0.234. The number of nitrogens with zero attached hydrogens (tertiary/aromatic N) is 3. The molecule has 2 heterocycles. The van der Waals surface area contributed by atoms with E-state index in [4.69, 9.17) is 0 Å². The number of fused-ring (bicyclic) bond motifs is 2.